The highest BCUT2D eigenvalue weighted by atomic mass is 16.5. The molecule has 2 amide bonds. The van der Waals surface area contributed by atoms with Crippen LogP contribution in [0.5, 0.6) is 5.75 Å². The summed E-state index contributed by atoms with van der Waals surface area (Å²) in [6.45, 7) is 6.77. The topological polar surface area (TPSA) is 65.1 Å². The number of anilines is 2. The number of rotatable bonds is 8. The third-order valence-electron chi connectivity index (χ3n) is 6.06. The third-order valence-corrected chi connectivity index (χ3v) is 6.06. The third kappa shape index (κ3) is 5.79. The first-order valence-corrected chi connectivity index (χ1v) is 11.5. The molecule has 0 aromatic heterocycles. The molecule has 7 heteroatoms. The van der Waals surface area contributed by atoms with Crippen molar-refractivity contribution in [3.63, 3.8) is 0 Å². The van der Waals surface area contributed by atoms with Gasteiger partial charge in [-0.3, -0.25) is 14.5 Å². The fourth-order valence-corrected chi connectivity index (χ4v) is 4.27. The summed E-state index contributed by atoms with van der Waals surface area (Å²) >= 11 is 0. The first-order chi connectivity index (χ1) is 15.7. The Labute approximate surface area is 189 Å². The van der Waals surface area contributed by atoms with Gasteiger partial charge in [0, 0.05) is 51.3 Å². The van der Waals surface area contributed by atoms with Crippen LogP contribution in [0.15, 0.2) is 54.6 Å². The number of piperazine rings is 1. The molecule has 170 valence electrons. The first-order valence-electron chi connectivity index (χ1n) is 11.5. The number of carbonyl (C=O) groups is 2. The summed E-state index contributed by atoms with van der Waals surface area (Å²) in [5.74, 6) is 0.627. The number of ether oxygens (including phenoxy) is 1. The van der Waals surface area contributed by atoms with Gasteiger partial charge < -0.3 is 19.9 Å². The minimum Gasteiger partial charge on any atom is -0.490 e. The maximum absolute atomic E-state index is 12.6. The molecule has 2 aromatic carbocycles. The highest BCUT2D eigenvalue weighted by Gasteiger charge is 2.23. The zero-order valence-corrected chi connectivity index (χ0v) is 18.5. The second-order valence-electron chi connectivity index (χ2n) is 8.23. The number of para-hydroxylation sites is 3. The molecule has 2 aliphatic heterocycles. The van der Waals surface area contributed by atoms with Crippen LogP contribution in [0.2, 0.25) is 0 Å². The van der Waals surface area contributed by atoms with E-state index >= 15 is 0 Å². The molecular weight excluding hydrogens is 404 g/mol. The van der Waals surface area contributed by atoms with E-state index in [2.05, 4.69) is 39.4 Å². The molecule has 1 fully saturated rings. The molecule has 0 saturated carbocycles. The van der Waals surface area contributed by atoms with Gasteiger partial charge in [0.25, 0.3) is 0 Å². The Kier molecular flexibility index (Phi) is 7.61. The van der Waals surface area contributed by atoms with E-state index in [0.29, 0.717) is 19.7 Å². The fraction of sp³-hybridized carbons (Fsp3) is 0.440. The predicted molar refractivity (Wildman–Crippen MR) is 126 cm³/mol. The normalized spacial score (nSPS) is 16.2. The van der Waals surface area contributed by atoms with Crippen molar-refractivity contribution in [2.45, 2.75) is 19.3 Å². The van der Waals surface area contributed by atoms with E-state index in [4.69, 9.17) is 4.74 Å². The summed E-state index contributed by atoms with van der Waals surface area (Å²) in [5.41, 5.74) is 2.08. The van der Waals surface area contributed by atoms with Crippen LogP contribution < -0.4 is 19.9 Å². The quantitative estimate of drug-likeness (QED) is 0.645. The molecule has 1 N–H and O–H groups in total. The summed E-state index contributed by atoms with van der Waals surface area (Å²) < 4.78 is 5.59. The maximum Gasteiger partial charge on any atom is 0.227 e. The van der Waals surface area contributed by atoms with Gasteiger partial charge in [0.15, 0.2) is 0 Å². The number of nitrogens with one attached hydrogen (secondary N) is 1. The van der Waals surface area contributed by atoms with Crippen molar-refractivity contribution in [2.75, 3.05) is 62.2 Å². The molecule has 2 aromatic rings. The van der Waals surface area contributed by atoms with Gasteiger partial charge in [-0.2, -0.15) is 0 Å². The molecule has 0 radical (unpaired) electrons. The van der Waals surface area contributed by atoms with Gasteiger partial charge in [0.1, 0.15) is 12.4 Å². The van der Waals surface area contributed by atoms with E-state index in [1.807, 2.05) is 30.3 Å². The lowest BCUT2D eigenvalue weighted by molar-refractivity contribution is -0.125. The predicted octanol–water partition coefficient (Wildman–Crippen LogP) is 2.52. The minimum atomic E-state index is -0.0613. The average Bonchev–Trinajstić information content (AvgIpc) is 2.85. The summed E-state index contributed by atoms with van der Waals surface area (Å²) in [6.07, 6.45) is 1.34. The molecular formula is C25H32N4O3. The van der Waals surface area contributed by atoms with Gasteiger partial charge in [-0.25, -0.2) is 0 Å². The zero-order chi connectivity index (χ0) is 22.2. The Morgan fingerprint density at radius 2 is 1.62 bits per heavy atom. The van der Waals surface area contributed by atoms with Crippen molar-refractivity contribution in [1.82, 2.24) is 10.2 Å². The van der Waals surface area contributed by atoms with Crippen LogP contribution in [0.3, 0.4) is 0 Å². The van der Waals surface area contributed by atoms with Crippen molar-refractivity contribution in [1.29, 1.82) is 0 Å². The van der Waals surface area contributed by atoms with Crippen LogP contribution in [0, 0.1) is 0 Å². The summed E-state index contributed by atoms with van der Waals surface area (Å²) in [7, 11) is 0. The van der Waals surface area contributed by atoms with Gasteiger partial charge in [-0.15, -0.1) is 0 Å². The fourth-order valence-electron chi connectivity index (χ4n) is 4.27. The molecule has 2 aliphatic rings. The van der Waals surface area contributed by atoms with Crippen molar-refractivity contribution >= 4 is 23.2 Å². The average molecular weight is 437 g/mol. The van der Waals surface area contributed by atoms with E-state index in [-0.39, 0.29) is 24.7 Å². The number of hydrogen-bond donors (Lipinski definition) is 1. The van der Waals surface area contributed by atoms with Gasteiger partial charge in [-0.1, -0.05) is 30.3 Å². The number of fused-ring (bicyclic) bond motifs is 1. The summed E-state index contributed by atoms with van der Waals surface area (Å²) in [4.78, 5) is 31.4. The molecule has 32 heavy (non-hydrogen) atoms. The molecule has 0 aliphatic carbocycles. The number of carbonyl (C=O) groups excluding carboxylic acids is 2. The summed E-state index contributed by atoms with van der Waals surface area (Å²) in [5, 5.41) is 2.96. The van der Waals surface area contributed by atoms with Crippen LogP contribution in [0.25, 0.3) is 0 Å². The second kappa shape index (κ2) is 11.0. The lowest BCUT2D eigenvalue weighted by Gasteiger charge is -2.36. The highest BCUT2D eigenvalue weighted by Crippen LogP contribution is 2.31. The second-order valence-corrected chi connectivity index (χ2v) is 8.23. The molecule has 0 spiro atoms. The lowest BCUT2D eigenvalue weighted by atomic mass is 10.2. The lowest BCUT2D eigenvalue weighted by Crippen LogP contribution is -2.47. The number of nitrogens with zero attached hydrogens (tertiary/aromatic N) is 3. The molecule has 7 nitrogen and oxygen atoms in total. The Bertz CT molecular complexity index is 897. The Hall–Kier alpha value is -3.06. The molecule has 0 bridgehead atoms. The standard InChI is InChI=1S/C25H32N4O3/c30-24(11-12-25(31)29-19-20-32-23-10-5-4-9-22(23)29)26-13-6-14-27-15-17-28(18-16-27)21-7-2-1-3-8-21/h1-5,7-10H,6,11-20H2,(H,26,30). The van der Waals surface area contributed by atoms with E-state index < -0.39 is 0 Å². The largest absolute Gasteiger partial charge is 0.490 e. The number of hydrogen-bond acceptors (Lipinski definition) is 5. The number of benzene rings is 2. The highest BCUT2D eigenvalue weighted by molar-refractivity contribution is 5.97. The van der Waals surface area contributed by atoms with Crippen LogP contribution in [0.1, 0.15) is 19.3 Å². The van der Waals surface area contributed by atoms with Crippen molar-refractivity contribution in [2.24, 2.45) is 0 Å². The van der Waals surface area contributed by atoms with Crippen molar-refractivity contribution in [3.05, 3.63) is 54.6 Å². The SMILES string of the molecule is O=C(CCC(=O)N1CCOc2ccccc21)NCCCN1CCN(c2ccccc2)CC1. The van der Waals surface area contributed by atoms with E-state index in [1.54, 1.807) is 4.90 Å². The van der Waals surface area contributed by atoms with E-state index in [0.717, 1.165) is 50.6 Å². The Balaban J connectivity index is 1.10. The monoisotopic (exact) mass is 436 g/mol. The van der Waals surface area contributed by atoms with Crippen LogP contribution in [-0.4, -0.2) is 69.1 Å². The van der Waals surface area contributed by atoms with Crippen LogP contribution >= 0.6 is 0 Å². The van der Waals surface area contributed by atoms with Crippen molar-refractivity contribution < 1.29 is 14.3 Å². The maximum atomic E-state index is 12.6. The van der Waals surface area contributed by atoms with Gasteiger partial charge in [-0.05, 0) is 37.2 Å². The zero-order valence-electron chi connectivity index (χ0n) is 18.5. The first kappa shape index (κ1) is 22.1. The smallest absolute Gasteiger partial charge is 0.227 e. The Morgan fingerprint density at radius 1 is 0.875 bits per heavy atom. The molecule has 2 heterocycles. The molecule has 1 saturated heterocycles. The minimum absolute atomic E-state index is 0.0350. The molecule has 0 atom stereocenters. The van der Waals surface area contributed by atoms with E-state index in [1.165, 1.54) is 5.69 Å². The molecule has 4 rings (SSSR count). The van der Waals surface area contributed by atoms with Crippen LogP contribution in [-0.2, 0) is 9.59 Å². The van der Waals surface area contributed by atoms with Gasteiger partial charge in [0.05, 0.1) is 12.2 Å². The molecule has 0 unspecified atom stereocenters. The Morgan fingerprint density at radius 3 is 2.44 bits per heavy atom. The van der Waals surface area contributed by atoms with Gasteiger partial charge in [0.2, 0.25) is 11.8 Å². The van der Waals surface area contributed by atoms with Crippen molar-refractivity contribution in [3.8, 4) is 5.75 Å². The number of amides is 2. The summed E-state index contributed by atoms with van der Waals surface area (Å²) in [6, 6.07) is 18.1. The van der Waals surface area contributed by atoms with Crippen LogP contribution in [0.4, 0.5) is 11.4 Å². The van der Waals surface area contributed by atoms with Gasteiger partial charge >= 0.3 is 0 Å². The van der Waals surface area contributed by atoms with E-state index in [9.17, 15) is 9.59 Å².